The fraction of sp³-hybridized carbons (Fsp3) is 0.381. The van der Waals surface area contributed by atoms with Gasteiger partial charge >= 0.3 is 6.03 Å². The molecule has 1 aliphatic heterocycles. The van der Waals surface area contributed by atoms with Gasteiger partial charge < -0.3 is 24.6 Å². The first-order chi connectivity index (χ1) is 13.5. The quantitative estimate of drug-likeness (QED) is 0.791. The van der Waals surface area contributed by atoms with Gasteiger partial charge in [0.25, 0.3) is 0 Å². The minimum Gasteiger partial charge on any atom is -0.492 e. The molecule has 1 saturated heterocycles. The van der Waals surface area contributed by atoms with E-state index in [9.17, 15) is 4.79 Å². The molecule has 28 heavy (non-hydrogen) atoms. The average Bonchev–Trinajstić information content (AvgIpc) is 2.70. The van der Waals surface area contributed by atoms with E-state index in [-0.39, 0.29) is 6.03 Å². The Balaban J connectivity index is 1.57. The molecule has 1 N–H and O–H groups in total. The molecular formula is C21H26ClN3O3. The fourth-order valence-corrected chi connectivity index (χ4v) is 3.11. The van der Waals surface area contributed by atoms with Gasteiger partial charge in [0.05, 0.1) is 31.1 Å². The van der Waals surface area contributed by atoms with E-state index in [4.69, 9.17) is 21.1 Å². The molecule has 2 aromatic carbocycles. The highest BCUT2D eigenvalue weighted by Crippen LogP contribution is 2.30. The second-order valence-electron chi connectivity index (χ2n) is 6.77. The third-order valence-corrected chi connectivity index (χ3v) is 4.85. The predicted octanol–water partition coefficient (Wildman–Crippen LogP) is 4.03. The highest BCUT2D eigenvalue weighted by atomic mass is 35.5. The van der Waals surface area contributed by atoms with Crippen molar-refractivity contribution < 1.29 is 14.3 Å². The van der Waals surface area contributed by atoms with Crippen molar-refractivity contribution in [2.75, 3.05) is 56.7 Å². The van der Waals surface area contributed by atoms with E-state index in [0.29, 0.717) is 37.1 Å². The van der Waals surface area contributed by atoms with Gasteiger partial charge in [0, 0.05) is 25.2 Å². The lowest BCUT2D eigenvalue weighted by Crippen LogP contribution is -2.38. The number of likely N-dealkylation sites (N-methyl/N-ethyl adjacent to an activating group) is 1. The van der Waals surface area contributed by atoms with Crippen LogP contribution in [0.25, 0.3) is 0 Å². The number of rotatable bonds is 6. The lowest BCUT2D eigenvalue weighted by atomic mass is 10.2. The van der Waals surface area contributed by atoms with E-state index in [1.165, 1.54) is 5.56 Å². The third kappa shape index (κ3) is 5.53. The maximum atomic E-state index is 12.6. The van der Waals surface area contributed by atoms with E-state index in [1.807, 2.05) is 43.3 Å². The molecule has 0 aromatic heterocycles. The van der Waals surface area contributed by atoms with Gasteiger partial charge in [-0.05, 0) is 37.3 Å². The number of benzene rings is 2. The summed E-state index contributed by atoms with van der Waals surface area (Å²) in [5.41, 5.74) is 2.83. The van der Waals surface area contributed by atoms with E-state index in [0.717, 1.165) is 24.5 Å². The highest BCUT2D eigenvalue weighted by Gasteiger charge is 2.18. The molecule has 0 unspecified atom stereocenters. The smallest absolute Gasteiger partial charge is 0.321 e. The number of anilines is 2. The summed E-state index contributed by atoms with van der Waals surface area (Å²) in [5.74, 6) is 0.795. The molecule has 3 rings (SSSR count). The summed E-state index contributed by atoms with van der Waals surface area (Å²) < 4.78 is 11.1. The first kappa shape index (κ1) is 20.3. The number of hydrogen-bond donors (Lipinski definition) is 1. The van der Waals surface area contributed by atoms with Crippen LogP contribution in [0.2, 0.25) is 5.02 Å². The lowest BCUT2D eigenvalue weighted by Gasteiger charge is -2.31. The van der Waals surface area contributed by atoms with Crippen molar-refractivity contribution >= 4 is 29.0 Å². The predicted molar refractivity (Wildman–Crippen MR) is 113 cm³/mol. The number of hydrogen-bond acceptors (Lipinski definition) is 4. The van der Waals surface area contributed by atoms with Crippen molar-refractivity contribution in [3.63, 3.8) is 0 Å². The van der Waals surface area contributed by atoms with Crippen molar-refractivity contribution in [1.29, 1.82) is 0 Å². The highest BCUT2D eigenvalue weighted by molar-refractivity contribution is 6.31. The number of urea groups is 1. The molecule has 0 saturated carbocycles. The molecule has 150 valence electrons. The minimum absolute atomic E-state index is 0.204. The van der Waals surface area contributed by atoms with E-state index < -0.39 is 0 Å². The molecule has 1 fully saturated rings. The molecule has 0 radical (unpaired) electrons. The first-order valence-electron chi connectivity index (χ1n) is 9.37. The minimum atomic E-state index is -0.204. The maximum Gasteiger partial charge on any atom is 0.321 e. The van der Waals surface area contributed by atoms with Gasteiger partial charge in [-0.2, -0.15) is 0 Å². The Morgan fingerprint density at radius 3 is 2.64 bits per heavy atom. The summed E-state index contributed by atoms with van der Waals surface area (Å²) in [6, 6.07) is 13.2. The summed E-state index contributed by atoms with van der Waals surface area (Å²) >= 11 is 6.15. The van der Waals surface area contributed by atoms with Crippen molar-refractivity contribution in [3.8, 4) is 5.75 Å². The summed E-state index contributed by atoms with van der Waals surface area (Å²) in [4.78, 5) is 16.4. The van der Waals surface area contributed by atoms with Crippen molar-refractivity contribution in [2.45, 2.75) is 6.92 Å². The van der Waals surface area contributed by atoms with Gasteiger partial charge in [-0.25, -0.2) is 4.79 Å². The van der Waals surface area contributed by atoms with Crippen molar-refractivity contribution in [3.05, 3.63) is 53.1 Å². The zero-order valence-electron chi connectivity index (χ0n) is 16.3. The van der Waals surface area contributed by atoms with Crippen molar-refractivity contribution in [2.24, 2.45) is 0 Å². The number of carbonyl (C=O) groups is 1. The molecule has 0 aliphatic carbocycles. The Bertz CT molecular complexity index is 792. The Morgan fingerprint density at radius 2 is 1.93 bits per heavy atom. The average molecular weight is 404 g/mol. The molecule has 7 heteroatoms. The van der Waals surface area contributed by atoms with Crippen LogP contribution in [0.15, 0.2) is 42.5 Å². The second-order valence-corrected chi connectivity index (χ2v) is 7.21. The standard InChI is InChI=1S/C21H26ClN3O3/c1-16-3-6-18(7-4-16)28-14-9-24(2)21(26)23-19-15-17(22)5-8-20(19)25-10-12-27-13-11-25/h3-8,15H,9-14H2,1-2H3,(H,23,26). The number of nitrogens with zero attached hydrogens (tertiary/aromatic N) is 2. The van der Waals surface area contributed by atoms with Crippen molar-refractivity contribution in [1.82, 2.24) is 4.90 Å². The third-order valence-electron chi connectivity index (χ3n) is 4.62. The molecule has 6 nitrogen and oxygen atoms in total. The molecule has 0 spiro atoms. The Labute approximate surface area is 171 Å². The van der Waals surface area contributed by atoms with Gasteiger partial charge in [-0.15, -0.1) is 0 Å². The summed E-state index contributed by atoms with van der Waals surface area (Å²) in [5, 5.41) is 3.55. The van der Waals surface area contributed by atoms with Gasteiger partial charge in [0.15, 0.2) is 0 Å². The first-order valence-corrected chi connectivity index (χ1v) is 9.74. The molecule has 0 atom stereocenters. The normalized spacial score (nSPS) is 13.9. The Kier molecular flexibility index (Phi) is 7.01. The van der Waals surface area contributed by atoms with Crippen LogP contribution in [0.5, 0.6) is 5.75 Å². The zero-order chi connectivity index (χ0) is 19.9. The van der Waals surface area contributed by atoms with Gasteiger partial charge in [-0.3, -0.25) is 0 Å². The number of carbonyl (C=O) groups excluding carboxylic acids is 1. The topological polar surface area (TPSA) is 54.0 Å². The van der Waals surface area contributed by atoms with Crippen LogP contribution in [-0.4, -0.2) is 57.4 Å². The van der Waals surface area contributed by atoms with Crippen LogP contribution in [0.1, 0.15) is 5.56 Å². The van der Waals surface area contributed by atoms with Gasteiger partial charge in [0.1, 0.15) is 12.4 Å². The SMILES string of the molecule is Cc1ccc(OCCN(C)C(=O)Nc2cc(Cl)ccc2N2CCOCC2)cc1. The number of nitrogens with one attached hydrogen (secondary N) is 1. The van der Waals surface area contributed by atoms with Crippen LogP contribution in [0, 0.1) is 6.92 Å². The molecule has 0 bridgehead atoms. The van der Waals surface area contributed by atoms with E-state index in [1.54, 1.807) is 18.0 Å². The van der Waals surface area contributed by atoms with Crippen LogP contribution in [0.3, 0.4) is 0 Å². The monoisotopic (exact) mass is 403 g/mol. The second kappa shape index (κ2) is 9.66. The molecule has 2 amide bonds. The summed E-state index contributed by atoms with van der Waals surface area (Å²) in [6.07, 6.45) is 0. The van der Waals surface area contributed by atoms with E-state index in [2.05, 4.69) is 10.2 Å². The summed E-state index contributed by atoms with van der Waals surface area (Å²) in [7, 11) is 1.74. The Hall–Kier alpha value is -2.44. The molecular weight excluding hydrogens is 378 g/mol. The molecule has 1 aliphatic rings. The maximum absolute atomic E-state index is 12.6. The molecule has 2 aromatic rings. The lowest BCUT2D eigenvalue weighted by molar-refractivity contribution is 0.123. The number of amides is 2. The number of halogens is 1. The Morgan fingerprint density at radius 1 is 1.21 bits per heavy atom. The fourth-order valence-electron chi connectivity index (χ4n) is 2.94. The number of morpholine rings is 1. The largest absolute Gasteiger partial charge is 0.492 e. The van der Waals surface area contributed by atoms with Crippen LogP contribution in [-0.2, 0) is 4.74 Å². The van der Waals surface area contributed by atoms with Gasteiger partial charge in [-0.1, -0.05) is 29.3 Å². The molecule has 1 heterocycles. The van der Waals surface area contributed by atoms with Crippen LogP contribution >= 0.6 is 11.6 Å². The number of ether oxygens (including phenoxy) is 2. The number of aryl methyl sites for hydroxylation is 1. The van der Waals surface area contributed by atoms with E-state index >= 15 is 0 Å². The zero-order valence-corrected chi connectivity index (χ0v) is 17.0. The van der Waals surface area contributed by atoms with Crippen LogP contribution in [0.4, 0.5) is 16.2 Å². The van der Waals surface area contributed by atoms with Gasteiger partial charge in [0.2, 0.25) is 0 Å². The van der Waals surface area contributed by atoms with Crippen LogP contribution < -0.4 is 15.0 Å². The summed E-state index contributed by atoms with van der Waals surface area (Å²) in [6.45, 7) is 5.82.